The quantitative estimate of drug-likeness (QED) is 0.816. The Balaban J connectivity index is 2.24. The molecule has 0 atom stereocenters. The number of carboxylic acids is 1. The van der Waals surface area contributed by atoms with Gasteiger partial charge in [-0.25, -0.2) is 0 Å². The van der Waals surface area contributed by atoms with E-state index < -0.39 is 11.4 Å². The number of nitrogens with two attached hydrogens (primary N) is 1. The number of nitrogens with zero attached hydrogens (tertiary/aromatic N) is 1. The van der Waals surface area contributed by atoms with Crippen LogP contribution in [-0.2, 0) is 10.2 Å². The van der Waals surface area contributed by atoms with Crippen LogP contribution in [0.3, 0.4) is 0 Å². The Hall–Kier alpha value is -1.62. The normalized spacial score (nSPS) is 18.2. The van der Waals surface area contributed by atoms with E-state index in [1.54, 1.807) is 0 Å². The van der Waals surface area contributed by atoms with Crippen LogP contribution in [-0.4, -0.2) is 15.4 Å². The number of carboxylic acid groups (broad SMARTS) is 1. The molecule has 1 saturated carbocycles. The van der Waals surface area contributed by atoms with Crippen LogP contribution < -0.4 is 5.73 Å². The molecule has 0 aliphatic heterocycles. The lowest BCUT2D eigenvalue weighted by Gasteiger charge is -2.21. The highest BCUT2D eigenvalue weighted by atomic mass is 32.1. The van der Waals surface area contributed by atoms with Crippen molar-refractivity contribution in [1.82, 2.24) is 4.37 Å². The second kappa shape index (κ2) is 3.95. The van der Waals surface area contributed by atoms with Gasteiger partial charge >= 0.3 is 5.97 Å². The van der Waals surface area contributed by atoms with E-state index in [0.29, 0.717) is 24.2 Å². The van der Waals surface area contributed by atoms with Gasteiger partial charge in [0.05, 0.1) is 10.4 Å². The van der Waals surface area contributed by atoms with E-state index in [9.17, 15) is 9.90 Å². The predicted molar refractivity (Wildman–Crippen MR) is 71.8 cm³/mol. The third-order valence-electron chi connectivity index (χ3n) is 3.81. The number of rotatable bonds is 2. The van der Waals surface area contributed by atoms with E-state index in [1.165, 1.54) is 11.5 Å². The minimum atomic E-state index is -0.800. The molecule has 1 aliphatic rings. The lowest BCUT2D eigenvalue weighted by atomic mass is 9.81. The number of benzene rings is 1. The summed E-state index contributed by atoms with van der Waals surface area (Å²) in [6, 6.07) is 5.58. The van der Waals surface area contributed by atoms with Gasteiger partial charge in [-0.1, -0.05) is 12.8 Å². The maximum absolute atomic E-state index is 11.7. The van der Waals surface area contributed by atoms with Crippen molar-refractivity contribution in [2.75, 3.05) is 5.73 Å². The summed E-state index contributed by atoms with van der Waals surface area (Å²) < 4.78 is 5.42. The third-order valence-corrected chi connectivity index (χ3v) is 4.64. The molecular weight excluding hydrogens is 248 g/mol. The maximum Gasteiger partial charge on any atom is 0.315 e. The van der Waals surface area contributed by atoms with E-state index >= 15 is 0 Å². The summed E-state index contributed by atoms with van der Waals surface area (Å²) in [5.41, 5.74) is 6.36. The van der Waals surface area contributed by atoms with Gasteiger partial charge in [0.2, 0.25) is 0 Å². The van der Waals surface area contributed by atoms with Gasteiger partial charge in [0.25, 0.3) is 0 Å². The average Bonchev–Trinajstić information content (AvgIpc) is 2.94. The molecule has 0 saturated heterocycles. The monoisotopic (exact) mass is 262 g/mol. The van der Waals surface area contributed by atoms with Crippen LogP contribution >= 0.6 is 11.5 Å². The third kappa shape index (κ3) is 1.50. The topological polar surface area (TPSA) is 76.2 Å². The Kier molecular flexibility index (Phi) is 2.52. The molecule has 0 radical (unpaired) electrons. The first-order chi connectivity index (χ1) is 8.63. The van der Waals surface area contributed by atoms with Crippen molar-refractivity contribution in [3.63, 3.8) is 0 Å². The number of carbonyl (C=O) groups is 1. The molecule has 4 nitrogen and oxygen atoms in total. The van der Waals surface area contributed by atoms with Gasteiger partial charge in [-0.15, -0.1) is 0 Å². The van der Waals surface area contributed by atoms with Gasteiger partial charge in [0.1, 0.15) is 5.41 Å². The zero-order valence-electron chi connectivity index (χ0n) is 9.85. The molecule has 1 aromatic carbocycles. The Bertz CT molecular complexity index is 614. The number of anilines is 1. The van der Waals surface area contributed by atoms with Gasteiger partial charge in [-0.2, -0.15) is 4.37 Å². The fourth-order valence-corrected chi connectivity index (χ4v) is 3.68. The SMILES string of the molecule is Nc1ccc2snc(C3(C(=O)O)CCCC3)c2c1. The van der Waals surface area contributed by atoms with Crippen molar-refractivity contribution < 1.29 is 9.90 Å². The van der Waals surface area contributed by atoms with Crippen LogP contribution in [0.4, 0.5) is 5.69 Å². The maximum atomic E-state index is 11.7. The summed E-state index contributed by atoms with van der Waals surface area (Å²) in [5, 5.41) is 10.5. The molecule has 1 aliphatic carbocycles. The van der Waals surface area contributed by atoms with Crippen molar-refractivity contribution >= 4 is 33.3 Å². The van der Waals surface area contributed by atoms with E-state index in [0.717, 1.165) is 22.9 Å². The van der Waals surface area contributed by atoms with Gasteiger partial charge < -0.3 is 10.8 Å². The summed E-state index contributed by atoms with van der Waals surface area (Å²) in [4.78, 5) is 11.7. The highest BCUT2D eigenvalue weighted by Gasteiger charge is 2.45. The smallest absolute Gasteiger partial charge is 0.315 e. The molecule has 2 aromatic rings. The molecule has 0 unspecified atom stereocenters. The second-order valence-corrected chi connectivity index (χ2v) is 5.69. The average molecular weight is 262 g/mol. The van der Waals surface area contributed by atoms with Crippen LogP contribution in [0.2, 0.25) is 0 Å². The Morgan fingerprint density at radius 1 is 1.39 bits per heavy atom. The number of aromatic nitrogens is 1. The van der Waals surface area contributed by atoms with E-state index in [-0.39, 0.29) is 0 Å². The molecule has 1 aromatic heterocycles. The van der Waals surface area contributed by atoms with Crippen LogP contribution in [0.1, 0.15) is 31.4 Å². The minimum absolute atomic E-state index is 0.655. The lowest BCUT2D eigenvalue weighted by Crippen LogP contribution is -2.33. The van der Waals surface area contributed by atoms with Crippen LogP contribution in [0.15, 0.2) is 18.2 Å². The highest BCUT2D eigenvalue weighted by molar-refractivity contribution is 7.13. The number of nitrogen functional groups attached to an aromatic ring is 1. The number of fused-ring (bicyclic) bond motifs is 1. The number of hydrogen-bond acceptors (Lipinski definition) is 4. The molecule has 1 heterocycles. The first-order valence-corrected chi connectivity index (χ1v) is 6.80. The van der Waals surface area contributed by atoms with E-state index in [2.05, 4.69) is 4.37 Å². The van der Waals surface area contributed by atoms with Crippen molar-refractivity contribution in [3.05, 3.63) is 23.9 Å². The summed E-state index contributed by atoms with van der Waals surface area (Å²) >= 11 is 1.36. The van der Waals surface area contributed by atoms with E-state index in [1.807, 2.05) is 18.2 Å². The Morgan fingerprint density at radius 3 is 2.78 bits per heavy atom. The van der Waals surface area contributed by atoms with Crippen LogP contribution in [0.5, 0.6) is 0 Å². The summed E-state index contributed by atoms with van der Waals surface area (Å²) in [6.45, 7) is 0. The van der Waals surface area contributed by atoms with Crippen LogP contribution in [0, 0.1) is 0 Å². The molecule has 5 heteroatoms. The molecular formula is C13H14N2O2S. The van der Waals surface area contributed by atoms with Gasteiger partial charge in [-0.3, -0.25) is 4.79 Å². The van der Waals surface area contributed by atoms with Gasteiger partial charge in [0, 0.05) is 11.1 Å². The number of hydrogen-bond donors (Lipinski definition) is 2. The Labute approximate surface area is 109 Å². The molecule has 1 fully saturated rings. The molecule has 0 bridgehead atoms. The van der Waals surface area contributed by atoms with Gasteiger partial charge in [0.15, 0.2) is 0 Å². The first kappa shape index (κ1) is 11.5. The molecule has 3 rings (SSSR count). The van der Waals surface area contributed by atoms with Crippen molar-refractivity contribution in [3.8, 4) is 0 Å². The highest BCUT2D eigenvalue weighted by Crippen LogP contribution is 2.44. The first-order valence-electron chi connectivity index (χ1n) is 6.02. The lowest BCUT2D eigenvalue weighted by molar-refractivity contribution is -0.143. The molecule has 3 N–H and O–H groups in total. The fraction of sp³-hybridized carbons (Fsp3) is 0.385. The number of aliphatic carboxylic acids is 1. The van der Waals surface area contributed by atoms with E-state index in [4.69, 9.17) is 5.73 Å². The minimum Gasteiger partial charge on any atom is -0.481 e. The van der Waals surface area contributed by atoms with Crippen molar-refractivity contribution in [1.29, 1.82) is 0 Å². The van der Waals surface area contributed by atoms with Crippen molar-refractivity contribution in [2.24, 2.45) is 0 Å². The Morgan fingerprint density at radius 2 is 2.11 bits per heavy atom. The van der Waals surface area contributed by atoms with Crippen LogP contribution in [0.25, 0.3) is 10.1 Å². The molecule has 18 heavy (non-hydrogen) atoms. The second-order valence-electron chi connectivity index (χ2n) is 4.88. The summed E-state index contributed by atoms with van der Waals surface area (Å²) in [6.07, 6.45) is 3.26. The zero-order chi connectivity index (χ0) is 12.8. The van der Waals surface area contributed by atoms with Gasteiger partial charge in [-0.05, 0) is 42.6 Å². The summed E-state index contributed by atoms with van der Waals surface area (Å²) in [5.74, 6) is -0.755. The largest absolute Gasteiger partial charge is 0.481 e. The molecule has 94 valence electrons. The molecule has 0 spiro atoms. The standard InChI is InChI=1S/C13H14N2O2S/c14-8-3-4-10-9(7-8)11(15-18-10)13(12(16)17)5-1-2-6-13/h3-4,7H,1-2,5-6,14H2,(H,16,17). The summed E-state index contributed by atoms with van der Waals surface area (Å²) in [7, 11) is 0. The molecule has 0 amide bonds. The predicted octanol–water partition coefficient (Wildman–Crippen LogP) is 2.77. The zero-order valence-corrected chi connectivity index (χ0v) is 10.7. The van der Waals surface area contributed by atoms with Crippen molar-refractivity contribution in [2.45, 2.75) is 31.1 Å². The fourth-order valence-electron chi connectivity index (χ4n) is 2.83.